The first-order valence-corrected chi connectivity index (χ1v) is 16.5. The van der Waals surface area contributed by atoms with E-state index in [1.807, 2.05) is 6.07 Å². The molecule has 0 aliphatic heterocycles. The van der Waals surface area contributed by atoms with Gasteiger partial charge in [-0.15, -0.1) is 0 Å². The molecule has 4 aromatic carbocycles. The first kappa shape index (κ1) is 35.0. The number of hydrogen-bond acceptors (Lipinski definition) is 7. The van der Waals surface area contributed by atoms with Gasteiger partial charge in [-0.05, 0) is 91.7 Å². The van der Waals surface area contributed by atoms with Gasteiger partial charge < -0.3 is 14.6 Å². The van der Waals surface area contributed by atoms with Crippen LogP contribution in [0.4, 0.5) is 21.5 Å². The molecule has 0 saturated heterocycles. The highest BCUT2D eigenvalue weighted by Crippen LogP contribution is 2.27. The third-order valence-electron chi connectivity index (χ3n) is 7.79. The second-order valence-electron chi connectivity index (χ2n) is 11.5. The number of hydrogen-bond donors (Lipinski definition) is 1. The van der Waals surface area contributed by atoms with Gasteiger partial charge in [0.1, 0.15) is 23.1 Å². The SMILES string of the molecule is CCCCCCCCCCCCOc1ccc(C=Nc2cccc(C(=O)Oc3ccc(N=Nc4ccc(F)cc4)cc3)c2C)c(O)c1. The second-order valence-corrected chi connectivity index (χ2v) is 11.5. The largest absolute Gasteiger partial charge is 0.507 e. The number of unbranched alkanes of at least 4 members (excludes halogenated alkanes) is 9. The lowest BCUT2D eigenvalue weighted by molar-refractivity contribution is 0.0734. The lowest BCUT2D eigenvalue weighted by atomic mass is 10.1. The van der Waals surface area contributed by atoms with E-state index in [2.05, 4.69) is 22.1 Å². The zero-order valence-corrected chi connectivity index (χ0v) is 27.3. The Morgan fingerprint density at radius 1 is 0.766 bits per heavy atom. The molecule has 0 aliphatic carbocycles. The van der Waals surface area contributed by atoms with Gasteiger partial charge in [0, 0.05) is 17.8 Å². The van der Waals surface area contributed by atoms with Crippen LogP contribution in [0.15, 0.2) is 100 Å². The van der Waals surface area contributed by atoms with Crippen molar-refractivity contribution < 1.29 is 23.8 Å². The molecule has 246 valence electrons. The molecule has 4 aromatic rings. The maximum Gasteiger partial charge on any atom is 0.343 e. The number of carbonyl (C=O) groups is 1. The Morgan fingerprint density at radius 2 is 1.36 bits per heavy atom. The van der Waals surface area contributed by atoms with Crippen molar-refractivity contribution in [2.24, 2.45) is 15.2 Å². The molecule has 0 saturated carbocycles. The highest BCUT2D eigenvalue weighted by atomic mass is 19.1. The van der Waals surface area contributed by atoms with E-state index in [-0.39, 0.29) is 11.6 Å². The van der Waals surface area contributed by atoms with Gasteiger partial charge in [0.25, 0.3) is 0 Å². The van der Waals surface area contributed by atoms with Crippen LogP contribution < -0.4 is 9.47 Å². The van der Waals surface area contributed by atoms with Crippen molar-refractivity contribution in [2.45, 2.75) is 78.1 Å². The van der Waals surface area contributed by atoms with E-state index in [1.54, 1.807) is 67.7 Å². The number of aliphatic imine (C=N–C) groups is 1. The van der Waals surface area contributed by atoms with Crippen LogP contribution in [-0.4, -0.2) is 23.9 Å². The molecule has 0 atom stereocenters. The molecule has 0 aromatic heterocycles. The third-order valence-corrected chi connectivity index (χ3v) is 7.79. The summed E-state index contributed by atoms with van der Waals surface area (Å²) in [5.41, 5.74) is 3.22. The summed E-state index contributed by atoms with van der Waals surface area (Å²) in [6.45, 7) is 4.67. The van der Waals surface area contributed by atoms with Gasteiger partial charge in [-0.2, -0.15) is 10.2 Å². The number of ether oxygens (including phenoxy) is 2. The van der Waals surface area contributed by atoms with E-state index in [4.69, 9.17) is 9.47 Å². The summed E-state index contributed by atoms with van der Waals surface area (Å²) in [5, 5.41) is 18.8. The number of esters is 1. The second kappa shape index (κ2) is 19.0. The zero-order chi connectivity index (χ0) is 33.3. The van der Waals surface area contributed by atoms with E-state index in [0.29, 0.717) is 51.9 Å². The summed E-state index contributed by atoms with van der Waals surface area (Å²) in [4.78, 5) is 17.5. The van der Waals surface area contributed by atoms with Crippen LogP contribution in [0.2, 0.25) is 0 Å². The molecule has 0 radical (unpaired) electrons. The quantitative estimate of drug-likeness (QED) is 0.0386. The van der Waals surface area contributed by atoms with Crippen LogP contribution in [0.5, 0.6) is 17.2 Å². The Balaban J connectivity index is 1.24. The Kier molecular flexibility index (Phi) is 14.1. The maximum absolute atomic E-state index is 13.1. The number of azo groups is 1. The fourth-order valence-electron chi connectivity index (χ4n) is 4.99. The number of rotatable bonds is 18. The molecular formula is C39H44FN3O4. The smallest absolute Gasteiger partial charge is 0.343 e. The highest BCUT2D eigenvalue weighted by molar-refractivity contribution is 5.94. The summed E-state index contributed by atoms with van der Waals surface area (Å²) in [5.74, 6) is 0.187. The van der Waals surface area contributed by atoms with Crippen LogP contribution in [0.3, 0.4) is 0 Å². The van der Waals surface area contributed by atoms with Gasteiger partial charge in [-0.1, -0.05) is 70.8 Å². The van der Waals surface area contributed by atoms with Gasteiger partial charge in [0.05, 0.1) is 29.2 Å². The molecule has 0 bridgehead atoms. The third kappa shape index (κ3) is 11.8. The number of halogens is 1. The normalized spacial score (nSPS) is 11.4. The van der Waals surface area contributed by atoms with Gasteiger partial charge in [0.15, 0.2) is 0 Å². The van der Waals surface area contributed by atoms with E-state index < -0.39 is 5.97 Å². The predicted octanol–water partition coefficient (Wildman–Crippen LogP) is 11.5. The minimum atomic E-state index is -0.521. The fourth-order valence-corrected chi connectivity index (χ4v) is 4.99. The van der Waals surface area contributed by atoms with Gasteiger partial charge in [0.2, 0.25) is 0 Å². The van der Waals surface area contributed by atoms with Crippen molar-refractivity contribution in [2.75, 3.05) is 6.61 Å². The molecular weight excluding hydrogens is 593 g/mol. The monoisotopic (exact) mass is 637 g/mol. The van der Waals surface area contributed by atoms with Gasteiger partial charge in [-0.3, -0.25) is 4.99 Å². The Bertz CT molecular complexity index is 1620. The van der Waals surface area contributed by atoms with Crippen molar-refractivity contribution in [1.29, 1.82) is 0 Å². The lowest BCUT2D eigenvalue weighted by Gasteiger charge is -2.09. The van der Waals surface area contributed by atoms with Crippen LogP contribution in [-0.2, 0) is 0 Å². The van der Waals surface area contributed by atoms with Crippen molar-refractivity contribution in [1.82, 2.24) is 0 Å². The molecule has 0 unspecified atom stereocenters. The van der Waals surface area contributed by atoms with E-state index in [0.717, 1.165) is 12.8 Å². The predicted molar refractivity (Wildman–Crippen MR) is 186 cm³/mol. The van der Waals surface area contributed by atoms with Crippen LogP contribution in [0.1, 0.15) is 92.6 Å². The van der Waals surface area contributed by atoms with Crippen molar-refractivity contribution >= 4 is 29.2 Å². The molecule has 47 heavy (non-hydrogen) atoms. The first-order chi connectivity index (χ1) is 22.9. The molecule has 4 rings (SSSR count). The maximum atomic E-state index is 13.1. The van der Waals surface area contributed by atoms with Gasteiger partial charge >= 0.3 is 5.97 Å². The van der Waals surface area contributed by atoms with Crippen LogP contribution in [0.25, 0.3) is 0 Å². The summed E-state index contributed by atoms with van der Waals surface area (Å²) in [6.07, 6.45) is 14.3. The van der Waals surface area contributed by atoms with Crippen molar-refractivity contribution in [3.8, 4) is 17.2 Å². The minimum Gasteiger partial charge on any atom is -0.507 e. The van der Waals surface area contributed by atoms with E-state index >= 15 is 0 Å². The average molecular weight is 638 g/mol. The molecule has 7 nitrogen and oxygen atoms in total. The number of nitrogens with zero attached hydrogens (tertiary/aromatic N) is 3. The highest BCUT2D eigenvalue weighted by Gasteiger charge is 2.14. The number of aromatic hydroxyl groups is 1. The van der Waals surface area contributed by atoms with Crippen molar-refractivity contribution in [3.63, 3.8) is 0 Å². The van der Waals surface area contributed by atoms with Crippen LogP contribution >= 0.6 is 0 Å². The number of phenols is 1. The number of benzene rings is 4. The summed E-state index contributed by atoms with van der Waals surface area (Å²) in [7, 11) is 0. The topological polar surface area (TPSA) is 92.8 Å². The zero-order valence-electron chi connectivity index (χ0n) is 27.3. The van der Waals surface area contributed by atoms with Gasteiger partial charge in [-0.25, -0.2) is 9.18 Å². The first-order valence-electron chi connectivity index (χ1n) is 16.5. The molecule has 0 amide bonds. The Hall–Kier alpha value is -4.85. The van der Waals surface area contributed by atoms with E-state index in [9.17, 15) is 14.3 Å². The summed E-state index contributed by atoms with van der Waals surface area (Å²) >= 11 is 0. The number of phenolic OH excluding ortho intramolecular Hbond substituents is 1. The fraction of sp³-hybridized carbons (Fsp3) is 0.333. The molecule has 8 heteroatoms. The Labute approximate surface area is 277 Å². The lowest BCUT2D eigenvalue weighted by Crippen LogP contribution is -2.10. The number of carbonyl (C=O) groups excluding carboxylic acids is 1. The molecule has 0 heterocycles. The Morgan fingerprint density at radius 3 is 2.00 bits per heavy atom. The summed E-state index contributed by atoms with van der Waals surface area (Å²) < 4.78 is 24.5. The van der Waals surface area contributed by atoms with E-state index in [1.165, 1.54) is 75.6 Å². The molecule has 0 aliphatic rings. The van der Waals surface area contributed by atoms with Crippen molar-refractivity contribution in [3.05, 3.63) is 107 Å². The summed E-state index contributed by atoms with van der Waals surface area (Å²) in [6, 6.07) is 22.7. The minimum absolute atomic E-state index is 0.0724. The standard InChI is InChI=1S/C39H44FN3O4/c1-3-4-5-6-7-8-9-10-11-12-26-46-35-23-16-30(38(44)27-35)28-41-37-15-13-14-36(29(37)2)39(45)47-34-24-21-33(22-25-34)43-42-32-19-17-31(40)18-20-32/h13-25,27-28,44H,3-12,26H2,1-2H3. The van der Waals surface area contributed by atoms with Crippen LogP contribution in [0, 0.1) is 12.7 Å². The molecule has 0 fully saturated rings. The average Bonchev–Trinajstić information content (AvgIpc) is 3.07. The molecule has 1 N–H and O–H groups in total. The molecule has 0 spiro atoms.